The summed E-state index contributed by atoms with van der Waals surface area (Å²) in [4.78, 5) is 35.5. The molecular formula is C17H14O4. The minimum absolute atomic E-state index is 0.0336. The van der Waals surface area contributed by atoms with E-state index in [1.807, 2.05) is 0 Å². The van der Waals surface area contributed by atoms with E-state index in [1.54, 1.807) is 30.3 Å². The van der Waals surface area contributed by atoms with Crippen molar-refractivity contribution >= 4 is 17.3 Å². The Labute approximate surface area is 122 Å². The lowest BCUT2D eigenvalue weighted by atomic mass is 10.0. The van der Waals surface area contributed by atoms with E-state index in [1.165, 1.54) is 24.3 Å². The van der Waals surface area contributed by atoms with Crippen LogP contribution in [0.4, 0.5) is 0 Å². The Kier molecular flexibility index (Phi) is 4.61. The molecule has 0 saturated heterocycles. The minimum Gasteiger partial charge on any atom is -0.508 e. The molecule has 0 atom stereocenters. The summed E-state index contributed by atoms with van der Waals surface area (Å²) in [6.45, 7) is 0. The van der Waals surface area contributed by atoms with Crippen molar-refractivity contribution in [1.29, 1.82) is 0 Å². The maximum atomic E-state index is 11.9. The lowest BCUT2D eigenvalue weighted by Gasteiger charge is -2.02. The van der Waals surface area contributed by atoms with Gasteiger partial charge in [0.2, 0.25) is 0 Å². The first kappa shape index (κ1) is 14.7. The van der Waals surface area contributed by atoms with Gasteiger partial charge in [-0.3, -0.25) is 14.4 Å². The fourth-order valence-electron chi connectivity index (χ4n) is 1.93. The van der Waals surface area contributed by atoms with Crippen LogP contribution in [0.25, 0.3) is 0 Å². The molecule has 0 bridgehead atoms. The third-order valence-corrected chi connectivity index (χ3v) is 2.98. The zero-order valence-corrected chi connectivity index (χ0v) is 11.3. The molecule has 0 aromatic heterocycles. The van der Waals surface area contributed by atoms with Crippen LogP contribution < -0.4 is 0 Å². The molecule has 1 N–H and O–H groups in total. The van der Waals surface area contributed by atoms with E-state index in [0.717, 1.165) is 0 Å². The highest BCUT2D eigenvalue weighted by Gasteiger charge is 2.16. The van der Waals surface area contributed by atoms with E-state index in [0.29, 0.717) is 5.56 Å². The zero-order chi connectivity index (χ0) is 15.2. The second kappa shape index (κ2) is 6.61. The number of aromatic hydroxyl groups is 1. The highest BCUT2D eigenvalue weighted by Crippen LogP contribution is 2.13. The lowest BCUT2D eigenvalue weighted by molar-refractivity contribution is -0.117. The van der Waals surface area contributed by atoms with Gasteiger partial charge in [-0.2, -0.15) is 0 Å². The molecule has 2 aromatic rings. The Morgan fingerprint density at radius 3 is 1.95 bits per heavy atom. The van der Waals surface area contributed by atoms with Gasteiger partial charge in [0.1, 0.15) is 11.5 Å². The van der Waals surface area contributed by atoms with Crippen LogP contribution in [0.2, 0.25) is 0 Å². The van der Waals surface area contributed by atoms with E-state index in [9.17, 15) is 19.5 Å². The van der Waals surface area contributed by atoms with Crippen LogP contribution in [0.1, 0.15) is 33.6 Å². The first-order valence-corrected chi connectivity index (χ1v) is 6.48. The predicted molar refractivity (Wildman–Crippen MR) is 77.5 cm³/mol. The van der Waals surface area contributed by atoms with Crippen molar-refractivity contribution in [3.05, 3.63) is 65.7 Å². The average molecular weight is 282 g/mol. The Hall–Kier alpha value is -2.75. The topological polar surface area (TPSA) is 71.4 Å². The van der Waals surface area contributed by atoms with Crippen molar-refractivity contribution in [3.8, 4) is 5.75 Å². The van der Waals surface area contributed by atoms with Crippen molar-refractivity contribution in [2.45, 2.75) is 12.8 Å². The van der Waals surface area contributed by atoms with Crippen LogP contribution in [0.3, 0.4) is 0 Å². The summed E-state index contributed by atoms with van der Waals surface area (Å²) in [6.07, 6.45) is -0.642. The lowest BCUT2D eigenvalue weighted by Crippen LogP contribution is -2.13. The molecule has 0 spiro atoms. The van der Waals surface area contributed by atoms with Gasteiger partial charge in [-0.25, -0.2) is 0 Å². The standard InChI is InChI=1S/C17H14O4/c18-14-8-4-7-13(9-14)17(21)11-15(19)10-16(20)12-5-2-1-3-6-12/h1-9,18H,10-11H2. The number of phenols is 1. The van der Waals surface area contributed by atoms with Crippen LogP contribution in [-0.2, 0) is 4.79 Å². The maximum Gasteiger partial charge on any atom is 0.170 e. The SMILES string of the molecule is O=C(CC(=O)c1ccccc1)CC(=O)c1cccc(O)c1. The van der Waals surface area contributed by atoms with Gasteiger partial charge >= 0.3 is 0 Å². The smallest absolute Gasteiger partial charge is 0.170 e. The normalized spacial score (nSPS) is 10.1. The maximum absolute atomic E-state index is 11.9. The Balaban J connectivity index is 1.96. The third kappa shape index (κ3) is 4.11. The molecule has 0 aliphatic rings. The molecule has 0 unspecified atom stereocenters. The van der Waals surface area contributed by atoms with Gasteiger partial charge in [0.05, 0.1) is 12.8 Å². The third-order valence-electron chi connectivity index (χ3n) is 2.98. The molecule has 0 aliphatic carbocycles. The van der Waals surface area contributed by atoms with E-state index in [4.69, 9.17) is 0 Å². The molecule has 2 aromatic carbocycles. The summed E-state index contributed by atoms with van der Waals surface area (Å²) < 4.78 is 0. The van der Waals surface area contributed by atoms with E-state index in [2.05, 4.69) is 0 Å². The number of hydrogen-bond donors (Lipinski definition) is 1. The van der Waals surface area contributed by atoms with Gasteiger partial charge in [0.15, 0.2) is 11.6 Å². The number of Topliss-reactive ketones (excluding diaryl/α,β-unsaturated/α-hetero) is 3. The highest BCUT2D eigenvalue weighted by molar-refractivity contribution is 6.15. The summed E-state index contributed by atoms with van der Waals surface area (Å²) >= 11 is 0. The number of benzene rings is 2. The van der Waals surface area contributed by atoms with Gasteiger partial charge in [-0.15, -0.1) is 0 Å². The van der Waals surface area contributed by atoms with Gasteiger partial charge in [0, 0.05) is 11.1 Å². The molecule has 21 heavy (non-hydrogen) atoms. The average Bonchev–Trinajstić information content (AvgIpc) is 2.48. The van der Waals surface area contributed by atoms with Crippen LogP contribution >= 0.6 is 0 Å². The number of rotatable bonds is 6. The van der Waals surface area contributed by atoms with Gasteiger partial charge in [-0.05, 0) is 12.1 Å². The number of ketones is 3. The Morgan fingerprint density at radius 1 is 0.762 bits per heavy atom. The quantitative estimate of drug-likeness (QED) is 0.653. The molecule has 4 heteroatoms. The number of phenolic OH excluding ortho intramolecular Hbond substituents is 1. The number of carbonyl (C=O) groups excluding carboxylic acids is 3. The summed E-state index contributed by atoms with van der Waals surface area (Å²) in [5.74, 6) is -1.17. The molecule has 2 rings (SSSR count). The second-order valence-corrected chi connectivity index (χ2v) is 4.65. The summed E-state index contributed by atoms with van der Waals surface area (Å²) in [5.41, 5.74) is 0.714. The molecule has 0 heterocycles. The minimum atomic E-state index is -0.433. The molecule has 0 radical (unpaired) electrons. The molecule has 0 amide bonds. The Morgan fingerprint density at radius 2 is 1.33 bits per heavy atom. The fourth-order valence-corrected chi connectivity index (χ4v) is 1.93. The van der Waals surface area contributed by atoms with Crippen LogP contribution in [0, 0.1) is 0 Å². The molecule has 0 saturated carbocycles. The van der Waals surface area contributed by atoms with Crippen molar-refractivity contribution in [1.82, 2.24) is 0 Å². The molecule has 0 fully saturated rings. The number of carbonyl (C=O) groups is 3. The fraction of sp³-hybridized carbons (Fsp3) is 0.118. The predicted octanol–water partition coefficient (Wildman–Crippen LogP) is 2.81. The van der Waals surface area contributed by atoms with Crippen LogP contribution in [0.15, 0.2) is 54.6 Å². The van der Waals surface area contributed by atoms with E-state index in [-0.39, 0.29) is 29.9 Å². The van der Waals surface area contributed by atoms with Crippen LogP contribution in [-0.4, -0.2) is 22.5 Å². The van der Waals surface area contributed by atoms with Gasteiger partial charge < -0.3 is 5.11 Å². The first-order valence-electron chi connectivity index (χ1n) is 6.48. The summed E-state index contributed by atoms with van der Waals surface area (Å²) in [6, 6.07) is 14.3. The van der Waals surface area contributed by atoms with Gasteiger partial charge in [0.25, 0.3) is 0 Å². The van der Waals surface area contributed by atoms with Crippen molar-refractivity contribution in [3.63, 3.8) is 0 Å². The van der Waals surface area contributed by atoms with Crippen molar-refractivity contribution in [2.24, 2.45) is 0 Å². The van der Waals surface area contributed by atoms with E-state index >= 15 is 0 Å². The molecule has 0 aliphatic heterocycles. The monoisotopic (exact) mass is 282 g/mol. The van der Waals surface area contributed by atoms with Gasteiger partial charge in [-0.1, -0.05) is 42.5 Å². The molecule has 106 valence electrons. The molecular weight excluding hydrogens is 268 g/mol. The van der Waals surface area contributed by atoms with Crippen LogP contribution in [0.5, 0.6) is 5.75 Å². The summed E-state index contributed by atoms with van der Waals surface area (Å²) in [5, 5.41) is 9.30. The summed E-state index contributed by atoms with van der Waals surface area (Å²) in [7, 11) is 0. The van der Waals surface area contributed by atoms with Crippen molar-refractivity contribution in [2.75, 3.05) is 0 Å². The highest BCUT2D eigenvalue weighted by atomic mass is 16.3. The molecule has 4 nitrogen and oxygen atoms in total. The Bertz CT molecular complexity index is 674. The largest absolute Gasteiger partial charge is 0.508 e. The first-order chi connectivity index (χ1) is 10.1. The zero-order valence-electron chi connectivity index (χ0n) is 11.3. The van der Waals surface area contributed by atoms with E-state index < -0.39 is 11.6 Å². The number of hydrogen-bond acceptors (Lipinski definition) is 4. The second-order valence-electron chi connectivity index (χ2n) is 4.65. The van der Waals surface area contributed by atoms with Crippen molar-refractivity contribution < 1.29 is 19.5 Å².